The van der Waals surface area contributed by atoms with Gasteiger partial charge in [-0.05, 0) is 63.5 Å². The second kappa shape index (κ2) is 3.71. The largest absolute Gasteiger partial charge is 0.302 e. The second-order valence-corrected chi connectivity index (χ2v) is 6.58. The molecule has 90 valence electrons. The van der Waals surface area contributed by atoms with Gasteiger partial charge in [0, 0.05) is 25.2 Å². The van der Waals surface area contributed by atoms with Crippen molar-refractivity contribution in [1.82, 2.24) is 9.80 Å². The summed E-state index contributed by atoms with van der Waals surface area (Å²) < 4.78 is 0. The lowest BCUT2D eigenvalue weighted by atomic mass is 9.75. The summed E-state index contributed by atoms with van der Waals surface area (Å²) in [5.41, 5.74) is 0. The smallest absolute Gasteiger partial charge is 0.0255 e. The highest BCUT2D eigenvalue weighted by atomic mass is 15.3. The summed E-state index contributed by atoms with van der Waals surface area (Å²) in [6, 6.07) is 1.91. The minimum absolute atomic E-state index is 0.940. The van der Waals surface area contributed by atoms with E-state index in [9.17, 15) is 0 Å². The Kier molecular flexibility index (Phi) is 2.29. The standard InChI is InChI=1S/C14H24N2/c1-3-13-4-2-11(1)9-16(13)14-10-15-7-5-12(14)6-8-15/h11-14H,1-10H2. The van der Waals surface area contributed by atoms with Crippen LogP contribution in [0.5, 0.6) is 0 Å². The van der Waals surface area contributed by atoms with E-state index in [1.54, 1.807) is 0 Å². The van der Waals surface area contributed by atoms with Crippen molar-refractivity contribution in [3.63, 3.8) is 0 Å². The van der Waals surface area contributed by atoms with Crippen LogP contribution < -0.4 is 0 Å². The third-order valence-electron chi connectivity index (χ3n) is 5.80. The van der Waals surface area contributed by atoms with Crippen molar-refractivity contribution >= 4 is 0 Å². The van der Waals surface area contributed by atoms with Crippen molar-refractivity contribution in [2.75, 3.05) is 26.2 Å². The number of hydrogen-bond donors (Lipinski definition) is 0. The highest BCUT2D eigenvalue weighted by molar-refractivity contribution is 4.98. The fraction of sp³-hybridized carbons (Fsp3) is 1.00. The molecule has 0 aromatic carbocycles. The third kappa shape index (κ3) is 1.46. The Labute approximate surface area is 99.0 Å². The first-order valence-electron chi connectivity index (χ1n) is 7.38. The molecular formula is C14H24N2. The van der Waals surface area contributed by atoms with Gasteiger partial charge in [0.1, 0.15) is 0 Å². The Balaban J connectivity index is 1.53. The van der Waals surface area contributed by atoms with Crippen molar-refractivity contribution in [2.24, 2.45) is 11.8 Å². The molecule has 6 rings (SSSR count). The van der Waals surface area contributed by atoms with Gasteiger partial charge >= 0.3 is 0 Å². The zero-order chi connectivity index (χ0) is 10.5. The molecule has 16 heavy (non-hydrogen) atoms. The maximum atomic E-state index is 2.94. The van der Waals surface area contributed by atoms with Crippen molar-refractivity contribution < 1.29 is 0 Å². The van der Waals surface area contributed by atoms with E-state index in [0.717, 1.165) is 23.9 Å². The topological polar surface area (TPSA) is 6.48 Å². The van der Waals surface area contributed by atoms with Crippen molar-refractivity contribution in [2.45, 2.75) is 50.6 Å². The molecule has 1 atom stereocenters. The van der Waals surface area contributed by atoms with Gasteiger partial charge in [-0.15, -0.1) is 0 Å². The number of fused-ring (bicyclic) bond motifs is 7. The van der Waals surface area contributed by atoms with Crippen molar-refractivity contribution in [3.05, 3.63) is 0 Å². The van der Waals surface area contributed by atoms with E-state index in [0.29, 0.717) is 0 Å². The molecule has 6 fully saturated rings. The molecule has 6 aliphatic rings. The Bertz CT molecular complexity index is 234. The second-order valence-electron chi connectivity index (χ2n) is 6.58. The zero-order valence-electron chi connectivity index (χ0n) is 10.3. The minimum atomic E-state index is 0.940. The molecule has 1 unspecified atom stereocenters. The van der Waals surface area contributed by atoms with E-state index in [2.05, 4.69) is 9.80 Å². The van der Waals surface area contributed by atoms with E-state index in [-0.39, 0.29) is 0 Å². The first-order chi connectivity index (χ1) is 7.90. The molecule has 0 amide bonds. The maximum Gasteiger partial charge on any atom is 0.0255 e. The van der Waals surface area contributed by atoms with Crippen LogP contribution in [0.2, 0.25) is 0 Å². The normalized spacial score (nSPS) is 52.1. The van der Waals surface area contributed by atoms with Crippen LogP contribution in [0.4, 0.5) is 0 Å². The summed E-state index contributed by atoms with van der Waals surface area (Å²) in [5.74, 6) is 2.10. The Morgan fingerprint density at radius 1 is 0.750 bits per heavy atom. The van der Waals surface area contributed by atoms with Gasteiger partial charge in [-0.3, -0.25) is 4.90 Å². The lowest BCUT2D eigenvalue weighted by molar-refractivity contribution is -0.0598. The van der Waals surface area contributed by atoms with E-state index in [1.165, 1.54) is 64.7 Å². The van der Waals surface area contributed by atoms with Crippen LogP contribution in [0.25, 0.3) is 0 Å². The van der Waals surface area contributed by atoms with Crippen LogP contribution in [0, 0.1) is 11.8 Å². The van der Waals surface area contributed by atoms with Crippen LogP contribution in [0.1, 0.15) is 38.5 Å². The molecule has 2 nitrogen and oxygen atoms in total. The van der Waals surface area contributed by atoms with E-state index < -0.39 is 0 Å². The fourth-order valence-corrected chi connectivity index (χ4v) is 4.82. The average molecular weight is 220 g/mol. The summed E-state index contributed by atoms with van der Waals surface area (Å²) in [7, 11) is 0. The minimum Gasteiger partial charge on any atom is -0.302 e. The highest BCUT2D eigenvalue weighted by Crippen LogP contribution is 2.40. The quantitative estimate of drug-likeness (QED) is 0.666. The molecule has 0 N–H and O–H groups in total. The van der Waals surface area contributed by atoms with E-state index in [1.807, 2.05) is 0 Å². The van der Waals surface area contributed by atoms with Gasteiger partial charge in [-0.1, -0.05) is 0 Å². The van der Waals surface area contributed by atoms with Gasteiger partial charge in [-0.25, -0.2) is 0 Å². The SMILES string of the molecule is C1CC2CCC1CN2C1CN2CCC1CC2. The Hall–Kier alpha value is -0.0800. The lowest BCUT2D eigenvalue weighted by Gasteiger charge is -2.55. The highest BCUT2D eigenvalue weighted by Gasteiger charge is 2.43. The molecule has 5 saturated heterocycles. The summed E-state index contributed by atoms with van der Waals surface area (Å²) in [6.45, 7) is 5.62. The van der Waals surface area contributed by atoms with Crippen LogP contribution in [-0.4, -0.2) is 48.1 Å². The van der Waals surface area contributed by atoms with Gasteiger partial charge in [0.25, 0.3) is 0 Å². The predicted molar refractivity (Wildman–Crippen MR) is 65.4 cm³/mol. The van der Waals surface area contributed by atoms with Crippen LogP contribution in [0.15, 0.2) is 0 Å². The molecule has 0 aromatic heterocycles. The van der Waals surface area contributed by atoms with Crippen LogP contribution >= 0.6 is 0 Å². The van der Waals surface area contributed by atoms with Crippen molar-refractivity contribution in [3.8, 4) is 0 Å². The van der Waals surface area contributed by atoms with E-state index >= 15 is 0 Å². The Morgan fingerprint density at radius 2 is 1.50 bits per heavy atom. The number of nitrogens with zero attached hydrogens (tertiary/aromatic N) is 2. The van der Waals surface area contributed by atoms with Gasteiger partial charge in [0.2, 0.25) is 0 Å². The Morgan fingerprint density at radius 3 is 2.00 bits per heavy atom. The monoisotopic (exact) mass is 220 g/mol. The van der Waals surface area contributed by atoms with Crippen LogP contribution in [0.3, 0.4) is 0 Å². The predicted octanol–water partition coefficient (Wildman–Crippen LogP) is 1.96. The van der Waals surface area contributed by atoms with Crippen LogP contribution in [-0.2, 0) is 0 Å². The third-order valence-corrected chi connectivity index (χ3v) is 5.80. The lowest BCUT2D eigenvalue weighted by Crippen LogP contribution is -2.62. The zero-order valence-corrected chi connectivity index (χ0v) is 10.3. The summed E-state index contributed by atoms with van der Waals surface area (Å²) in [5, 5.41) is 0. The number of piperidine rings is 5. The van der Waals surface area contributed by atoms with Crippen molar-refractivity contribution in [1.29, 1.82) is 0 Å². The molecule has 0 radical (unpaired) electrons. The summed E-state index contributed by atoms with van der Waals surface area (Å²) in [4.78, 5) is 5.65. The summed E-state index contributed by atoms with van der Waals surface area (Å²) in [6.07, 6.45) is 9.05. The maximum absolute atomic E-state index is 2.94. The van der Waals surface area contributed by atoms with E-state index in [4.69, 9.17) is 0 Å². The first-order valence-corrected chi connectivity index (χ1v) is 7.38. The molecule has 1 saturated carbocycles. The molecule has 0 spiro atoms. The molecule has 4 bridgehead atoms. The molecule has 1 aliphatic carbocycles. The molecule has 2 heteroatoms. The molecule has 0 aromatic rings. The molecule has 5 aliphatic heterocycles. The van der Waals surface area contributed by atoms with Gasteiger partial charge in [0.05, 0.1) is 0 Å². The molecular weight excluding hydrogens is 196 g/mol. The van der Waals surface area contributed by atoms with Gasteiger partial charge < -0.3 is 4.90 Å². The van der Waals surface area contributed by atoms with Gasteiger partial charge in [-0.2, -0.15) is 0 Å². The average Bonchev–Trinajstić information content (AvgIpc) is 2.41. The number of rotatable bonds is 1. The number of hydrogen-bond acceptors (Lipinski definition) is 2. The first kappa shape index (κ1) is 9.90. The summed E-state index contributed by atoms with van der Waals surface area (Å²) >= 11 is 0. The molecule has 5 heterocycles. The fourth-order valence-electron chi connectivity index (χ4n) is 4.82. The van der Waals surface area contributed by atoms with Gasteiger partial charge in [0.15, 0.2) is 0 Å².